The SMILES string of the molecule is CCC(CN(C)CCOCC1CC1)NC. The topological polar surface area (TPSA) is 24.5 Å². The van der Waals surface area contributed by atoms with Gasteiger partial charge in [0.2, 0.25) is 0 Å². The van der Waals surface area contributed by atoms with Gasteiger partial charge in [-0.15, -0.1) is 0 Å². The average Bonchev–Trinajstić information content (AvgIpc) is 3.05. The zero-order chi connectivity index (χ0) is 11.1. The average molecular weight is 214 g/mol. The van der Waals surface area contributed by atoms with Crippen molar-refractivity contribution < 1.29 is 4.74 Å². The van der Waals surface area contributed by atoms with Crippen LogP contribution in [0.1, 0.15) is 26.2 Å². The normalized spacial score (nSPS) is 18.4. The van der Waals surface area contributed by atoms with Crippen LogP contribution in [-0.2, 0) is 4.74 Å². The van der Waals surface area contributed by atoms with Gasteiger partial charge in [0, 0.05) is 25.7 Å². The summed E-state index contributed by atoms with van der Waals surface area (Å²) in [6, 6.07) is 0.610. The molecular weight excluding hydrogens is 188 g/mol. The first kappa shape index (κ1) is 12.9. The molecule has 15 heavy (non-hydrogen) atoms. The number of hydrogen-bond donors (Lipinski definition) is 1. The maximum Gasteiger partial charge on any atom is 0.0593 e. The fraction of sp³-hybridized carbons (Fsp3) is 1.00. The number of ether oxygens (including phenoxy) is 1. The molecule has 0 saturated heterocycles. The summed E-state index contributed by atoms with van der Waals surface area (Å²) in [6.07, 6.45) is 3.95. The molecule has 90 valence electrons. The molecule has 1 N–H and O–H groups in total. The molecule has 1 fully saturated rings. The van der Waals surface area contributed by atoms with Gasteiger partial charge in [0.15, 0.2) is 0 Å². The summed E-state index contributed by atoms with van der Waals surface area (Å²) < 4.78 is 5.61. The molecule has 0 aliphatic heterocycles. The molecule has 1 rings (SSSR count). The van der Waals surface area contributed by atoms with Gasteiger partial charge in [0.05, 0.1) is 6.61 Å². The molecular formula is C12H26N2O. The summed E-state index contributed by atoms with van der Waals surface area (Å²) in [6.45, 7) is 6.24. The zero-order valence-corrected chi connectivity index (χ0v) is 10.5. The highest BCUT2D eigenvalue weighted by Crippen LogP contribution is 2.28. The van der Waals surface area contributed by atoms with Crippen molar-refractivity contribution >= 4 is 0 Å². The van der Waals surface area contributed by atoms with Crippen LogP contribution >= 0.6 is 0 Å². The number of hydrogen-bond acceptors (Lipinski definition) is 3. The second-order valence-electron chi connectivity index (χ2n) is 4.67. The smallest absolute Gasteiger partial charge is 0.0593 e. The molecule has 0 aromatic carbocycles. The highest BCUT2D eigenvalue weighted by Gasteiger charge is 2.20. The molecule has 0 spiro atoms. The van der Waals surface area contributed by atoms with E-state index in [4.69, 9.17) is 4.74 Å². The molecule has 1 saturated carbocycles. The van der Waals surface area contributed by atoms with E-state index in [1.54, 1.807) is 0 Å². The molecule has 1 unspecified atom stereocenters. The lowest BCUT2D eigenvalue weighted by Gasteiger charge is -2.22. The molecule has 0 aromatic rings. The van der Waals surface area contributed by atoms with E-state index < -0.39 is 0 Å². The molecule has 0 aromatic heterocycles. The van der Waals surface area contributed by atoms with Gasteiger partial charge in [-0.05, 0) is 39.3 Å². The van der Waals surface area contributed by atoms with Crippen molar-refractivity contribution in [1.82, 2.24) is 10.2 Å². The second-order valence-corrected chi connectivity index (χ2v) is 4.67. The van der Waals surface area contributed by atoms with Crippen molar-refractivity contribution in [1.29, 1.82) is 0 Å². The molecule has 0 bridgehead atoms. The fourth-order valence-electron chi connectivity index (χ4n) is 1.65. The van der Waals surface area contributed by atoms with Crippen LogP contribution in [0.2, 0.25) is 0 Å². The van der Waals surface area contributed by atoms with E-state index in [1.165, 1.54) is 19.3 Å². The van der Waals surface area contributed by atoms with Crippen LogP contribution in [0.15, 0.2) is 0 Å². The lowest BCUT2D eigenvalue weighted by atomic mass is 10.2. The van der Waals surface area contributed by atoms with E-state index >= 15 is 0 Å². The Bertz CT molecular complexity index is 156. The third-order valence-corrected chi connectivity index (χ3v) is 3.10. The van der Waals surface area contributed by atoms with Crippen LogP contribution in [0.3, 0.4) is 0 Å². The lowest BCUT2D eigenvalue weighted by Crippen LogP contribution is -2.38. The Hall–Kier alpha value is -0.120. The van der Waals surface area contributed by atoms with Crippen LogP contribution in [0.5, 0.6) is 0 Å². The maximum atomic E-state index is 5.61. The monoisotopic (exact) mass is 214 g/mol. The van der Waals surface area contributed by atoms with Crippen LogP contribution in [0, 0.1) is 5.92 Å². The first-order valence-electron chi connectivity index (χ1n) is 6.19. The molecule has 1 aliphatic carbocycles. The van der Waals surface area contributed by atoms with Crippen molar-refractivity contribution in [2.24, 2.45) is 5.92 Å². The van der Waals surface area contributed by atoms with E-state index in [-0.39, 0.29) is 0 Å². The number of nitrogens with zero attached hydrogens (tertiary/aromatic N) is 1. The second kappa shape index (κ2) is 7.20. The van der Waals surface area contributed by atoms with Crippen LogP contribution in [0.25, 0.3) is 0 Å². The first-order chi connectivity index (χ1) is 7.26. The summed E-state index contributed by atoms with van der Waals surface area (Å²) in [5.41, 5.74) is 0. The summed E-state index contributed by atoms with van der Waals surface area (Å²) in [5.74, 6) is 0.885. The Morgan fingerprint density at radius 2 is 2.20 bits per heavy atom. The minimum absolute atomic E-state index is 0.610. The lowest BCUT2D eigenvalue weighted by molar-refractivity contribution is 0.101. The van der Waals surface area contributed by atoms with E-state index in [0.717, 1.165) is 32.2 Å². The van der Waals surface area contributed by atoms with E-state index in [9.17, 15) is 0 Å². The van der Waals surface area contributed by atoms with Crippen molar-refractivity contribution in [3.05, 3.63) is 0 Å². The third-order valence-electron chi connectivity index (χ3n) is 3.10. The van der Waals surface area contributed by atoms with Gasteiger partial charge in [0.25, 0.3) is 0 Å². The standard InChI is InChI=1S/C12H26N2O/c1-4-12(13-2)9-14(3)7-8-15-10-11-5-6-11/h11-13H,4-10H2,1-3H3. The Labute approximate surface area is 94.2 Å². The van der Waals surface area contributed by atoms with Gasteiger partial charge in [-0.3, -0.25) is 0 Å². The summed E-state index contributed by atoms with van der Waals surface area (Å²) in [7, 11) is 4.20. The minimum Gasteiger partial charge on any atom is -0.380 e. The Morgan fingerprint density at radius 1 is 1.47 bits per heavy atom. The van der Waals surface area contributed by atoms with Gasteiger partial charge in [-0.1, -0.05) is 6.92 Å². The van der Waals surface area contributed by atoms with Gasteiger partial charge < -0.3 is 15.0 Å². The quantitative estimate of drug-likeness (QED) is 0.586. The number of rotatable bonds is 9. The Morgan fingerprint density at radius 3 is 2.73 bits per heavy atom. The largest absolute Gasteiger partial charge is 0.380 e. The predicted molar refractivity (Wildman–Crippen MR) is 64.2 cm³/mol. The van der Waals surface area contributed by atoms with Gasteiger partial charge in [0.1, 0.15) is 0 Å². The number of likely N-dealkylation sites (N-methyl/N-ethyl adjacent to an activating group) is 2. The summed E-state index contributed by atoms with van der Waals surface area (Å²) in [5, 5.41) is 3.32. The molecule has 3 nitrogen and oxygen atoms in total. The first-order valence-corrected chi connectivity index (χ1v) is 6.19. The van der Waals surface area contributed by atoms with E-state index in [2.05, 4.69) is 24.2 Å². The van der Waals surface area contributed by atoms with Gasteiger partial charge >= 0.3 is 0 Å². The summed E-state index contributed by atoms with van der Waals surface area (Å²) in [4.78, 5) is 2.34. The van der Waals surface area contributed by atoms with Crippen molar-refractivity contribution in [3.8, 4) is 0 Å². The van der Waals surface area contributed by atoms with Crippen molar-refractivity contribution in [2.75, 3.05) is 40.4 Å². The molecule has 1 aliphatic rings. The van der Waals surface area contributed by atoms with Gasteiger partial charge in [-0.2, -0.15) is 0 Å². The molecule has 0 heterocycles. The highest BCUT2D eigenvalue weighted by atomic mass is 16.5. The molecule has 1 atom stereocenters. The third kappa shape index (κ3) is 6.13. The number of nitrogens with one attached hydrogen (secondary N) is 1. The van der Waals surface area contributed by atoms with Crippen molar-refractivity contribution in [3.63, 3.8) is 0 Å². The Kier molecular flexibility index (Phi) is 6.22. The predicted octanol–water partition coefficient (Wildman–Crippen LogP) is 1.34. The Balaban J connectivity index is 1.93. The van der Waals surface area contributed by atoms with Crippen molar-refractivity contribution in [2.45, 2.75) is 32.2 Å². The fourth-order valence-corrected chi connectivity index (χ4v) is 1.65. The van der Waals surface area contributed by atoms with Gasteiger partial charge in [-0.25, -0.2) is 0 Å². The van der Waals surface area contributed by atoms with Crippen LogP contribution in [0.4, 0.5) is 0 Å². The zero-order valence-electron chi connectivity index (χ0n) is 10.5. The van der Waals surface area contributed by atoms with E-state index in [1.807, 2.05) is 7.05 Å². The van der Waals surface area contributed by atoms with E-state index in [0.29, 0.717) is 6.04 Å². The van der Waals surface area contributed by atoms with Crippen LogP contribution in [-0.4, -0.2) is 51.3 Å². The van der Waals surface area contributed by atoms with Crippen LogP contribution < -0.4 is 5.32 Å². The highest BCUT2D eigenvalue weighted by molar-refractivity contribution is 4.72. The molecule has 0 radical (unpaired) electrons. The summed E-state index contributed by atoms with van der Waals surface area (Å²) >= 11 is 0. The minimum atomic E-state index is 0.610. The molecule has 3 heteroatoms. The molecule has 0 amide bonds. The maximum absolute atomic E-state index is 5.61.